The fourth-order valence-electron chi connectivity index (χ4n) is 2.09. The second-order valence-electron chi connectivity index (χ2n) is 6.09. The Kier molecular flexibility index (Phi) is 1.90. The molecule has 1 fully saturated rings. The molecule has 0 radical (unpaired) electrons. The van der Waals surface area contributed by atoms with Gasteiger partial charge in [-0.15, -0.1) is 0 Å². The molecule has 1 rings (SSSR count). The molecule has 1 aliphatic rings. The average molecular weight is 168 g/mol. The first-order valence-corrected chi connectivity index (χ1v) is 4.69. The van der Waals surface area contributed by atoms with Gasteiger partial charge >= 0.3 is 0 Å². The molecule has 0 saturated heterocycles. The molecule has 0 aromatic heterocycles. The lowest BCUT2D eigenvalue weighted by atomic mass is 9.81. The molecule has 0 aliphatic heterocycles. The van der Waals surface area contributed by atoms with E-state index in [1.807, 2.05) is 0 Å². The first-order valence-electron chi connectivity index (χ1n) is 4.69. The second kappa shape index (κ2) is 2.34. The van der Waals surface area contributed by atoms with Crippen LogP contribution < -0.4 is 0 Å². The van der Waals surface area contributed by atoms with Crippen molar-refractivity contribution in [3.8, 4) is 0 Å². The van der Waals surface area contributed by atoms with Crippen LogP contribution in [0.2, 0.25) is 0 Å². The molecule has 0 heterocycles. The van der Waals surface area contributed by atoms with Crippen molar-refractivity contribution in [1.82, 2.24) is 0 Å². The van der Waals surface area contributed by atoms with Gasteiger partial charge in [0.05, 0.1) is 0 Å². The molecule has 1 heteroatoms. The van der Waals surface area contributed by atoms with E-state index < -0.39 is 0 Å². The minimum atomic E-state index is 0.162. The van der Waals surface area contributed by atoms with Crippen LogP contribution in [0, 0.1) is 22.7 Å². The highest BCUT2D eigenvalue weighted by Gasteiger charge is 2.59. The minimum Gasteiger partial charge on any atom is -0.299 e. The van der Waals surface area contributed by atoms with Crippen LogP contribution in [0.5, 0.6) is 0 Å². The van der Waals surface area contributed by atoms with E-state index >= 15 is 0 Å². The summed E-state index contributed by atoms with van der Waals surface area (Å²) in [6, 6.07) is 0. The molecule has 1 unspecified atom stereocenters. The zero-order valence-corrected chi connectivity index (χ0v) is 9.06. The van der Waals surface area contributed by atoms with Crippen LogP contribution in [0.25, 0.3) is 0 Å². The molecule has 0 amide bonds. The third-order valence-electron chi connectivity index (χ3n) is 2.70. The molecule has 70 valence electrons. The Hall–Kier alpha value is -0.330. The Morgan fingerprint density at radius 3 is 1.17 bits per heavy atom. The molecule has 1 saturated carbocycles. The minimum absolute atomic E-state index is 0.162. The van der Waals surface area contributed by atoms with E-state index in [1.54, 1.807) is 0 Å². The smallest absolute Gasteiger partial charge is 0.141 e. The predicted molar refractivity (Wildman–Crippen MR) is 50.9 cm³/mol. The standard InChI is InChI=1S/C11H20O/c1-10(2,3)7-8(9(7)12)11(4,5)6/h7-8H,1-6H3/t7-,8?/m1/s1. The Balaban J connectivity index is 2.73. The fourth-order valence-corrected chi connectivity index (χ4v) is 2.09. The summed E-state index contributed by atoms with van der Waals surface area (Å²) >= 11 is 0. The van der Waals surface area contributed by atoms with E-state index in [1.165, 1.54) is 0 Å². The van der Waals surface area contributed by atoms with Crippen LogP contribution in [0.3, 0.4) is 0 Å². The van der Waals surface area contributed by atoms with Crippen LogP contribution >= 0.6 is 0 Å². The van der Waals surface area contributed by atoms with Gasteiger partial charge < -0.3 is 0 Å². The van der Waals surface area contributed by atoms with Gasteiger partial charge in [0.2, 0.25) is 0 Å². The van der Waals surface area contributed by atoms with Crippen molar-refractivity contribution in [2.45, 2.75) is 41.5 Å². The summed E-state index contributed by atoms with van der Waals surface area (Å²) in [7, 11) is 0. The quantitative estimate of drug-likeness (QED) is 0.543. The lowest BCUT2D eigenvalue weighted by Gasteiger charge is -2.22. The van der Waals surface area contributed by atoms with Gasteiger partial charge in [0.25, 0.3) is 0 Å². The average Bonchev–Trinajstić information content (AvgIpc) is 2.35. The number of hydrogen-bond donors (Lipinski definition) is 0. The summed E-state index contributed by atoms with van der Waals surface area (Å²) in [5.41, 5.74) is 0.323. The maximum atomic E-state index is 11.5. The number of rotatable bonds is 0. The zero-order chi connectivity index (χ0) is 9.73. The van der Waals surface area contributed by atoms with Crippen LogP contribution in [-0.4, -0.2) is 5.78 Å². The van der Waals surface area contributed by atoms with E-state index in [0.717, 1.165) is 0 Å². The molecule has 0 spiro atoms. The zero-order valence-electron chi connectivity index (χ0n) is 9.06. The van der Waals surface area contributed by atoms with Crippen molar-refractivity contribution in [1.29, 1.82) is 0 Å². The SMILES string of the molecule is CC(C)(C)C1C(=O)[C@@H]1C(C)(C)C. The summed E-state index contributed by atoms with van der Waals surface area (Å²) in [4.78, 5) is 11.5. The molecular weight excluding hydrogens is 148 g/mol. The third-order valence-corrected chi connectivity index (χ3v) is 2.70. The largest absolute Gasteiger partial charge is 0.299 e. The van der Waals surface area contributed by atoms with Crippen molar-refractivity contribution >= 4 is 5.78 Å². The maximum Gasteiger partial charge on any atom is 0.141 e. The highest BCUT2D eigenvalue weighted by Crippen LogP contribution is 2.54. The van der Waals surface area contributed by atoms with Gasteiger partial charge in [-0.1, -0.05) is 41.5 Å². The summed E-state index contributed by atoms with van der Waals surface area (Å²) in [6.45, 7) is 12.9. The van der Waals surface area contributed by atoms with Crippen molar-refractivity contribution in [3.63, 3.8) is 0 Å². The molecular formula is C11H20O. The Morgan fingerprint density at radius 2 is 1.08 bits per heavy atom. The second-order valence-corrected chi connectivity index (χ2v) is 6.09. The number of ketones is 1. The van der Waals surface area contributed by atoms with Crippen molar-refractivity contribution < 1.29 is 4.79 Å². The molecule has 1 nitrogen and oxygen atoms in total. The van der Waals surface area contributed by atoms with Gasteiger partial charge in [0.1, 0.15) is 5.78 Å². The molecule has 0 bridgehead atoms. The van der Waals surface area contributed by atoms with E-state index in [4.69, 9.17) is 0 Å². The van der Waals surface area contributed by atoms with Gasteiger partial charge in [0, 0.05) is 11.8 Å². The fraction of sp³-hybridized carbons (Fsp3) is 0.909. The highest BCUT2D eigenvalue weighted by atomic mass is 16.1. The lowest BCUT2D eigenvalue weighted by molar-refractivity contribution is -0.113. The van der Waals surface area contributed by atoms with E-state index in [9.17, 15) is 4.79 Å². The number of Topliss-reactive ketones (excluding diaryl/α,β-unsaturated/α-hetero) is 1. The lowest BCUT2D eigenvalue weighted by Crippen LogP contribution is -2.16. The van der Waals surface area contributed by atoms with Crippen LogP contribution in [-0.2, 0) is 4.79 Å². The summed E-state index contributed by atoms with van der Waals surface area (Å²) < 4.78 is 0. The van der Waals surface area contributed by atoms with Crippen LogP contribution in [0.4, 0.5) is 0 Å². The maximum absolute atomic E-state index is 11.5. The van der Waals surface area contributed by atoms with Gasteiger partial charge in [-0.3, -0.25) is 4.79 Å². The molecule has 1 aliphatic carbocycles. The molecule has 12 heavy (non-hydrogen) atoms. The molecule has 0 N–H and O–H groups in total. The van der Waals surface area contributed by atoms with Gasteiger partial charge in [-0.2, -0.15) is 0 Å². The van der Waals surface area contributed by atoms with E-state index in [2.05, 4.69) is 41.5 Å². The Labute approximate surface area is 75.5 Å². The van der Waals surface area contributed by atoms with Gasteiger partial charge in [-0.25, -0.2) is 0 Å². The summed E-state index contributed by atoms with van der Waals surface area (Å²) in [5, 5.41) is 0. The normalized spacial score (nSPS) is 30.7. The highest BCUT2D eigenvalue weighted by molar-refractivity contribution is 6.00. The summed E-state index contributed by atoms with van der Waals surface area (Å²) in [6.07, 6.45) is 0. The molecule has 2 atom stereocenters. The summed E-state index contributed by atoms with van der Waals surface area (Å²) in [5.74, 6) is 1.07. The Bertz CT molecular complexity index is 180. The van der Waals surface area contributed by atoms with Crippen molar-refractivity contribution in [2.24, 2.45) is 22.7 Å². The van der Waals surface area contributed by atoms with E-state index in [-0.39, 0.29) is 10.8 Å². The van der Waals surface area contributed by atoms with Crippen molar-refractivity contribution in [2.75, 3.05) is 0 Å². The first-order chi connectivity index (χ1) is 5.15. The third kappa shape index (κ3) is 1.55. The molecule has 0 aromatic rings. The Morgan fingerprint density at radius 1 is 0.833 bits per heavy atom. The van der Waals surface area contributed by atoms with Crippen molar-refractivity contribution in [3.05, 3.63) is 0 Å². The first kappa shape index (κ1) is 9.76. The topological polar surface area (TPSA) is 17.1 Å². The van der Waals surface area contributed by atoms with Gasteiger partial charge in [0.15, 0.2) is 0 Å². The van der Waals surface area contributed by atoms with E-state index in [0.29, 0.717) is 17.6 Å². The van der Waals surface area contributed by atoms with Crippen LogP contribution in [0.15, 0.2) is 0 Å². The molecule has 0 aromatic carbocycles. The number of carbonyl (C=O) groups excluding carboxylic acids is 1. The van der Waals surface area contributed by atoms with Gasteiger partial charge in [-0.05, 0) is 10.8 Å². The van der Waals surface area contributed by atoms with Crippen LogP contribution in [0.1, 0.15) is 41.5 Å². The monoisotopic (exact) mass is 168 g/mol. The number of carbonyl (C=O) groups is 1. The number of hydrogen-bond acceptors (Lipinski definition) is 1. The predicted octanol–water partition coefficient (Wildman–Crippen LogP) is 2.89.